The Morgan fingerprint density at radius 1 is 2.00 bits per heavy atom. The van der Waals surface area contributed by atoms with Crippen molar-refractivity contribution in [3.63, 3.8) is 0 Å². The second-order valence-corrected chi connectivity index (χ2v) is 1.30. The molecular weight excluding hydrogens is 142 g/mol. The van der Waals surface area contributed by atoms with Gasteiger partial charge in [0.2, 0.25) is 11.5 Å². The van der Waals surface area contributed by atoms with Crippen molar-refractivity contribution in [2.45, 2.75) is 0 Å². The van der Waals surface area contributed by atoms with Crippen LogP contribution in [-0.4, -0.2) is 4.21 Å². The van der Waals surface area contributed by atoms with Gasteiger partial charge in [0.25, 0.3) is 0 Å². The zero-order valence-corrected chi connectivity index (χ0v) is 4.04. The maximum absolute atomic E-state index is 9.00. The molecule has 0 bridgehead atoms. The molecule has 0 amide bonds. The van der Waals surface area contributed by atoms with Crippen molar-refractivity contribution in [3.05, 3.63) is 0 Å². The molecule has 2 nitrogen and oxygen atoms in total. The maximum Gasteiger partial charge on any atom is 0.212 e. The van der Waals surface area contributed by atoms with E-state index < -0.39 is 0 Å². The van der Waals surface area contributed by atoms with Crippen molar-refractivity contribution in [3.8, 4) is 0 Å². The van der Waals surface area contributed by atoms with Gasteiger partial charge in [0.15, 0.2) is 0 Å². The van der Waals surface area contributed by atoms with Gasteiger partial charge in [-0.1, -0.05) is 0 Å². The molecule has 0 fully saturated rings. The Balaban J connectivity index is 3.11. The van der Waals surface area contributed by atoms with Crippen molar-refractivity contribution in [1.82, 2.24) is 0 Å². The van der Waals surface area contributed by atoms with E-state index >= 15 is 0 Å². The summed E-state index contributed by atoms with van der Waals surface area (Å²) in [6.07, 6.45) is 0. The molecule has 0 radical (unpaired) electrons. The molecule has 24 valence electrons. The predicted octanol–water partition coefficient (Wildman–Crippen LogP) is 0.693. The van der Waals surface area contributed by atoms with E-state index in [9.17, 15) is 0 Å². The van der Waals surface area contributed by atoms with E-state index in [1.807, 2.05) is 0 Å². The first-order valence-corrected chi connectivity index (χ1v) is 1.93. The highest BCUT2D eigenvalue weighted by atomic mass is 79.9. The van der Waals surface area contributed by atoms with Crippen LogP contribution in [0.2, 0.25) is 0 Å². The molecule has 0 unspecified atom stereocenters. The molecule has 4 heavy (non-hydrogen) atoms. The van der Waals surface area contributed by atoms with Crippen molar-refractivity contribution in [2.75, 3.05) is 0 Å². The molecule has 0 rings (SSSR count). The first-order valence-electron chi connectivity index (χ1n) is 0.518. The van der Waals surface area contributed by atoms with E-state index in [2.05, 4.69) is 19.5 Å². The second-order valence-electron chi connectivity index (χ2n) is 0.144. The highest BCUT2D eigenvalue weighted by Crippen LogP contribution is 1.70. The summed E-state index contributed by atoms with van der Waals surface area (Å²) in [5.41, 5.74) is 0. The lowest BCUT2D eigenvalue weighted by molar-refractivity contribution is 0.699. The average Bonchev–Trinajstić information content (AvgIpc) is 1.37. The smallest absolute Gasteiger partial charge is 0.190 e. The molecule has 0 atom stereocenters. The molecule has 0 aliphatic rings. The van der Waals surface area contributed by atoms with Crippen LogP contribution in [0.5, 0.6) is 0 Å². The highest BCUT2D eigenvalue weighted by molar-refractivity contribution is 9.08. The molecule has 0 aliphatic carbocycles. The van der Waals surface area contributed by atoms with Crippen molar-refractivity contribution in [1.29, 1.82) is 0 Å². The molecule has 0 spiro atoms. The van der Waals surface area contributed by atoms with Gasteiger partial charge >= 0.3 is 0 Å². The van der Waals surface area contributed by atoms with E-state index in [4.69, 9.17) is 4.21 Å². The number of hydrogen-bond acceptors (Lipinski definition) is 2. The van der Waals surface area contributed by atoms with E-state index in [1.54, 1.807) is 0 Å². The summed E-state index contributed by atoms with van der Waals surface area (Å²) in [7, 11) is 0. The molecule has 0 saturated heterocycles. The number of rotatable bonds is 0. The van der Waals surface area contributed by atoms with Crippen LogP contribution in [0.1, 0.15) is 0 Å². The highest BCUT2D eigenvalue weighted by Gasteiger charge is 1.33. The van der Waals surface area contributed by atoms with Gasteiger partial charge in [0, 0.05) is 0 Å². The van der Waals surface area contributed by atoms with Crippen molar-refractivity contribution in [2.24, 2.45) is 3.39 Å². The zero-order chi connectivity index (χ0) is 3.41. The minimum Gasteiger partial charge on any atom is -0.190 e. The molecule has 0 aromatic carbocycles. The monoisotopic (exact) mass is 141 g/mol. The summed E-state index contributed by atoms with van der Waals surface area (Å²) in [5.74, 6) is 0. The average molecular weight is 142 g/mol. The first-order chi connectivity index (χ1) is 1.91. The van der Waals surface area contributed by atoms with E-state index in [0.29, 0.717) is 0 Å². The Morgan fingerprint density at radius 3 is 2.25 bits per heavy atom. The van der Waals surface area contributed by atoms with E-state index in [1.165, 1.54) is 0 Å². The Hall–Kier alpha value is 0.300. The third-order valence-corrected chi connectivity index (χ3v) is 0.439. The molecule has 0 aromatic heterocycles. The van der Waals surface area contributed by atoms with Gasteiger partial charge in [0.1, 0.15) is 0 Å². The van der Waals surface area contributed by atoms with Gasteiger partial charge in [-0.2, -0.15) is 4.21 Å². The minimum atomic E-state index is 0.148. The third-order valence-electron chi connectivity index (χ3n) is 0.0282. The first kappa shape index (κ1) is 4.30. The number of halogens is 1. The Kier molecular flexibility index (Phi) is 3.55. The molecule has 0 aliphatic heterocycles. The van der Waals surface area contributed by atoms with Gasteiger partial charge in [0.05, 0.1) is 16.1 Å². The standard InChI is InChI=1S/BrNOS/c1-2-4-3. The fraction of sp³-hybridized carbons (Fsp3) is 0. The van der Waals surface area contributed by atoms with Crippen LogP contribution in [0, 0.1) is 0 Å². The van der Waals surface area contributed by atoms with Gasteiger partial charge in [-0.3, -0.25) is 0 Å². The van der Waals surface area contributed by atoms with Crippen LogP contribution in [0.25, 0.3) is 0 Å². The largest absolute Gasteiger partial charge is 0.212 e. The summed E-state index contributed by atoms with van der Waals surface area (Å²) in [6.45, 7) is 0. The molecule has 0 aromatic rings. The summed E-state index contributed by atoms with van der Waals surface area (Å²) in [4.78, 5) is 0. The molecule has 0 saturated carbocycles. The fourth-order valence-electron chi connectivity index (χ4n) is 0. The Bertz CT molecular complexity index is 46.0. The third kappa shape index (κ3) is 2.30. The lowest BCUT2D eigenvalue weighted by Crippen LogP contribution is -1.17. The fourth-order valence-corrected chi connectivity index (χ4v) is 0. The lowest BCUT2D eigenvalue weighted by Gasteiger charge is -1.30. The van der Waals surface area contributed by atoms with Crippen LogP contribution in [0.3, 0.4) is 0 Å². The Morgan fingerprint density at radius 2 is 2.25 bits per heavy atom. The van der Waals surface area contributed by atoms with Crippen LogP contribution in [-0.2, 0) is 11.5 Å². The maximum atomic E-state index is 9.00. The van der Waals surface area contributed by atoms with Gasteiger partial charge < -0.3 is 0 Å². The van der Waals surface area contributed by atoms with Crippen LogP contribution < -0.4 is 0 Å². The summed E-state index contributed by atoms with van der Waals surface area (Å²) in [5, 5.41) is 0. The Labute approximate surface area is 35.8 Å². The topological polar surface area (TPSA) is 29.4 Å². The minimum absolute atomic E-state index is 0.148. The predicted molar refractivity (Wildman–Crippen MR) is 19.5 cm³/mol. The number of hydrogen-bond donors (Lipinski definition) is 0. The van der Waals surface area contributed by atoms with Crippen LogP contribution in [0.15, 0.2) is 3.39 Å². The van der Waals surface area contributed by atoms with E-state index in [-0.39, 0.29) is 11.5 Å². The zero-order valence-electron chi connectivity index (χ0n) is 1.64. The SMILES string of the molecule is O=S=NBr. The van der Waals surface area contributed by atoms with Gasteiger partial charge in [-0.15, -0.1) is 3.39 Å². The van der Waals surface area contributed by atoms with Crippen LogP contribution >= 0.6 is 16.1 Å². The summed E-state index contributed by atoms with van der Waals surface area (Å²) >= 11 is 2.67. The van der Waals surface area contributed by atoms with Crippen molar-refractivity contribution < 1.29 is 4.21 Å². The molecule has 4 heteroatoms. The normalized spacial score (nSPS) is 5.25. The lowest BCUT2D eigenvalue weighted by atomic mass is 14.0. The quantitative estimate of drug-likeness (QED) is 0.489. The van der Waals surface area contributed by atoms with Crippen molar-refractivity contribution >= 4 is 27.6 Å². The summed E-state index contributed by atoms with van der Waals surface area (Å²) in [6, 6.07) is 0. The van der Waals surface area contributed by atoms with Gasteiger partial charge in [-0.05, 0) is 0 Å². The molecule has 0 N–H and O–H groups in total. The molecular formula is BrNOS. The molecule has 0 heterocycles. The summed E-state index contributed by atoms with van der Waals surface area (Å²) < 4.78 is 11.9. The number of nitrogens with zero attached hydrogens (tertiary/aromatic N) is 1. The van der Waals surface area contributed by atoms with E-state index in [0.717, 1.165) is 0 Å². The second kappa shape index (κ2) is 3.30. The van der Waals surface area contributed by atoms with Gasteiger partial charge in [-0.25, -0.2) is 0 Å². The van der Waals surface area contributed by atoms with Crippen LogP contribution in [0.4, 0.5) is 0 Å².